The summed E-state index contributed by atoms with van der Waals surface area (Å²) in [5, 5.41) is 0. The van der Waals surface area contributed by atoms with Gasteiger partial charge in [-0.15, -0.1) is 0 Å². The second-order valence-electron chi connectivity index (χ2n) is 4.27. The third kappa shape index (κ3) is 2.35. The smallest absolute Gasteiger partial charge is 0.178 e. The number of nitrogens with zero attached hydrogens (tertiary/aromatic N) is 1. The number of hydrogen-bond donors (Lipinski definition) is 1. The first-order valence-electron chi connectivity index (χ1n) is 5.76. The highest BCUT2D eigenvalue weighted by atomic mass is 79.9. The van der Waals surface area contributed by atoms with Crippen LogP contribution in [0, 0.1) is 10.6 Å². The summed E-state index contributed by atoms with van der Waals surface area (Å²) in [6, 6.07) is 12.6. The fraction of sp³-hybridized carbons (Fsp3) is 0.0714. The Morgan fingerprint density at radius 1 is 1.21 bits per heavy atom. The lowest BCUT2D eigenvalue weighted by Crippen LogP contribution is -2.01. The molecule has 1 aromatic heterocycles. The van der Waals surface area contributed by atoms with Gasteiger partial charge in [-0.2, -0.15) is 0 Å². The maximum absolute atomic E-state index is 13.7. The van der Waals surface area contributed by atoms with Crippen molar-refractivity contribution in [1.29, 1.82) is 0 Å². The van der Waals surface area contributed by atoms with E-state index in [0.29, 0.717) is 16.9 Å². The van der Waals surface area contributed by atoms with Gasteiger partial charge in [0.2, 0.25) is 0 Å². The number of nitrogens with one attached hydrogen (secondary N) is 1. The minimum atomic E-state index is -0.214. The van der Waals surface area contributed by atoms with E-state index in [1.165, 1.54) is 6.07 Å². The van der Waals surface area contributed by atoms with Gasteiger partial charge in [0.1, 0.15) is 5.82 Å². The van der Waals surface area contributed by atoms with E-state index in [2.05, 4.69) is 20.9 Å². The number of imidazole rings is 1. The molecule has 5 heteroatoms. The van der Waals surface area contributed by atoms with Gasteiger partial charge < -0.3 is 9.55 Å². The highest BCUT2D eigenvalue weighted by Gasteiger charge is 2.08. The lowest BCUT2D eigenvalue weighted by molar-refractivity contribution is 0.600. The molecule has 0 aliphatic heterocycles. The number of aromatic amines is 1. The summed E-state index contributed by atoms with van der Waals surface area (Å²) in [6.45, 7) is 0.419. The Bertz CT molecular complexity index is 807. The Kier molecular flexibility index (Phi) is 3.24. The van der Waals surface area contributed by atoms with E-state index in [1.807, 2.05) is 28.8 Å². The first-order valence-corrected chi connectivity index (χ1v) is 6.97. The van der Waals surface area contributed by atoms with Gasteiger partial charge >= 0.3 is 0 Å². The van der Waals surface area contributed by atoms with E-state index in [1.54, 1.807) is 12.1 Å². The Balaban J connectivity index is 2.15. The van der Waals surface area contributed by atoms with Crippen LogP contribution in [0.5, 0.6) is 0 Å². The van der Waals surface area contributed by atoms with Crippen molar-refractivity contribution in [1.82, 2.24) is 9.55 Å². The molecule has 0 aliphatic carbocycles. The summed E-state index contributed by atoms with van der Waals surface area (Å²) in [5.74, 6) is -0.214. The second-order valence-corrected chi connectivity index (χ2v) is 5.57. The first-order chi connectivity index (χ1) is 9.15. The molecule has 3 rings (SSSR count). The van der Waals surface area contributed by atoms with Crippen LogP contribution in [0.2, 0.25) is 0 Å². The summed E-state index contributed by atoms with van der Waals surface area (Å²) in [5.41, 5.74) is 2.53. The lowest BCUT2D eigenvalue weighted by atomic mass is 10.2. The molecule has 96 valence electrons. The van der Waals surface area contributed by atoms with Crippen molar-refractivity contribution in [3.8, 4) is 0 Å². The van der Waals surface area contributed by atoms with Gasteiger partial charge in [-0.1, -0.05) is 34.1 Å². The molecule has 2 nitrogen and oxygen atoms in total. The Labute approximate surface area is 123 Å². The van der Waals surface area contributed by atoms with Gasteiger partial charge in [-0.3, -0.25) is 0 Å². The molecule has 0 aliphatic rings. The van der Waals surface area contributed by atoms with Crippen LogP contribution in [-0.4, -0.2) is 9.55 Å². The van der Waals surface area contributed by atoms with Crippen LogP contribution in [0.15, 0.2) is 46.9 Å². The Morgan fingerprint density at radius 3 is 2.79 bits per heavy atom. The maximum Gasteiger partial charge on any atom is 0.178 e. The molecule has 19 heavy (non-hydrogen) atoms. The van der Waals surface area contributed by atoms with Gasteiger partial charge in [0.25, 0.3) is 0 Å². The summed E-state index contributed by atoms with van der Waals surface area (Å²) in [6.07, 6.45) is 0. The van der Waals surface area contributed by atoms with E-state index in [0.717, 1.165) is 15.5 Å². The van der Waals surface area contributed by atoms with Crippen molar-refractivity contribution in [2.24, 2.45) is 0 Å². The molecule has 0 radical (unpaired) electrons. The normalized spacial score (nSPS) is 11.1. The molecule has 0 saturated heterocycles. The van der Waals surface area contributed by atoms with Crippen LogP contribution in [0.4, 0.5) is 4.39 Å². The Hall–Kier alpha value is -1.46. The molecule has 2 aromatic carbocycles. The zero-order valence-electron chi connectivity index (χ0n) is 9.86. The number of hydrogen-bond acceptors (Lipinski definition) is 1. The van der Waals surface area contributed by atoms with Crippen molar-refractivity contribution >= 4 is 39.2 Å². The highest BCUT2D eigenvalue weighted by Crippen LogP contribution is 2.21. The van der Waals surface area contributed by atoms with Crippen LogP contribution < -0.4 is 0 Å². The fourth-order valence-corrected chi connectivity index (χ4v) is 2.70. The van der Waals surface area contributed by atoms with Crippen molar-refractivity contribution < 1.29 is 4.39 Å². The van der Waals surface area contributed by atoms with Gasteiger partial charge in [0, 0.05) is 10.0 Å². The molecule has 0 bridgehead atoms. The SMILES string of the molecule is Fc1ccccc1Cn1c(=S)[nH]c2ccc(Br)cc21. The molecule has 0 spiro atoms. The zero-order chi connectivity index (χ0) is 13.4. The average Bonchev–Trinajstić information content (AvgIpc) is 2.69. The summed E-state index contributed by atoms with van der Waals surface area (Å²) in [7, 11) is 0. The standard InChI is InChI=1S/C14H10BrFN2S/c15-10-5-6-12-13(7-10)18(14(19)17-12)8-9-3-1-2-4-11(9)16/h1-7H,8H2,(H,17,19). The molecule has 3 aromatic rings. The zero-order valence-corrected chi connectivity index (χ0v) is 12.3. The number of H-pyrrole nitrogens is 1. The average molecular weight is 337 g/mol. The molecule has 1 N–H and O–H groups in total. The predicted molar refractivity (Wildman–Crippen MR) is 80.3 cm³/mol. The Morgan fingerprint density at radius 2 is 2.00 bits per heavy atom. The largest absolute Gasteiger partial charge is 0.331 e. The lowest BCUT2D eigenvalue weighted by Gasteiger charge is -2.06. The number of benzene rings is 2. The van der Waals surface area contributed by atoms with E-state index in [-0.39, 0.29) is 5.82 Å². The molecule has 0 amide bonds. The third-order valence-electron chi connectivity index (χ3n) is 3.02. The summed E-state index contributed by atoms with van der Waals surface area (Å²) in [4.78, 5) is 3.13. The minimum Gasteiger partial charge on any atom is -0.331 e. The molecular weight excluding hydrogens is 327 g/mol. The number of fused-ring (bicyclic) bond motifs is 1. The maximum atomic E-state index is 13.7. The van der Waals surface area contributed by atoms with Crippen LogP contribution in [-0.2, 0) is 6.54 Å². The fourth-order valence-electron chi connectivity index (χ4n) is 2.08. The van der Waals surface area contributed by atoms with Gasteiger partial charge in [-0.05, 0) is 36.5 Å². The van der Waals surface area contributed by atoms with Gasteiger partial charge in [0.05, 0.1) is 17.6 Å². The van der Waals surface area contributed by atoms with Crippen molar-refractivity contribution in [2.75, 3.05) is 0 Å². The van der Waals surface area contributed by atoms with Crippen LogP contribution in [0.25, 0.3) is 11.0 Å². The van der Waals surface area contributed by atoms with E-state index < -0.39 is 0 Å². The predicted octanol–water partition coefficient (Wildman–Crippen LogP) is 4.65. The van der Waals surface area contributed by atoms with Gasteiger partial charge in [0.15, 0.2) is 4.77 Å². The van der Waals surface area contributed by atoms with Crippen molar-refractivity contribution in [3.63, 3.8) is 0 Å². The number of rotatable bonds is 2. The topological polar surface area (TPSA) is 20.7 Å². The monoisotopic (exact) mass is 336 g/mol. The number of halogens is 2. The molecular formula is C14H10BrFN2S. The molecule has 0 fully saturated rings. The van der Waals surface area contributed by atoms with Crippen LogP contribution >= 0.6 is 28.1 Å². The number of aromatic nitrogens is 2. The molecule has 0 atom stereocenters. The second kappa shape index (κ2) is 4.90. The molecule has 0 unspecified atom stereocenters. The summed E-state index contributed by atoms with van der Waals surface area (Å²) < 4.78 is 17.2. The van der Waals surface area contributed by atoms with Crippen molar-refractivity contribution in [2.45, 2.75) is 6.54 Å². The van der Waals surface area contributed by atoms with E-state index in [4.69, 9.17) is 12.2 Å². The van der Waals surface area contributed by atoms with Gasteiger partial charge in [-0.25, -0.2) is 4.39 Å². The third-order valence-corrected chi connectivity index (χ3v) is 3.84. The van der Waals surface area contributed by atoms with E-state index in [9.17, 15) is 4.39 Å². The molecule has 0 saturated carbocycles. The van der Waals surface area contributed by atoms with Crippen LogP contribution in [0.1, 0.15) is 5.56 Å². The highest BCUT2D eigenvalue weighted by molar-refractivity contribution is 9.10. The quantitative estimate of drug-likeness (QED) is 0.675. The summed E-state index contributed by atoms with van der Waals surface area (Å²) >= 11 is 8.75. The van der Waals surface area contributed by atoms with Crippen LogP contribution in [0.3, 0.4) is 0 Å². The van der Waals surface area contributed by atoms with E-state index >= 15 is 0 Å². The first kappa shape index (κ1) is 12.6. The van der Waals surface area contributed by atoms with Crippen molar-refractivity contribution in [3.05, 3.63) is 63.1 Å². The molecule has 1 heterocycles. The minimum absolute atomic E-state index is 0.214.